The Morgan fingerprint density at radius 3 is 2.26 bits per heavy atom. The van der Waals surface area contributed by atoms with Crippen molar-refractivity contribution in [2.24, 2.45) is 5.41 Å². The average Bonchev–Trinajstić information content (AvgIpc) is 2.89. The van der Waals surface area contributed by atoms with E-state index in [9.17, 15) is 10.4 Å². The second-order valence-corrected chi connectivity index (χ2v) is 10.2. The van der Waals surface area contributed by atoms with Gasteiger partial charge in [0.05, 0.1) is 18.1 Å². The molecule has 1 fully saturated rings. The van der Waals surface area contributed by atoms with Gasteiger partial charge in [-0.15, -0.1) is 0 Å². The van der Waals surface area contributed by atoms with Crippen molar-refractivity contribution >= 4 is 0 Å². The molecule has 34 heavy (non-hydrogen) atoms. The average molecular weight is 462 g/mol. The van der Waals surface area contributed by atoms with Crippen molar-refractivity contribution < 1.29 is 9.84 Å². The first-order chi connectivity index (χ1) is 16.6. The van der Waals surface area contributed by atoms with Crippen molar-refractivity contribution in [1.82, 2.24) is 0 Å². The summed E-state index contributed by atoms with van der Waals surface area (Å²) < 4.78 is 5.89. The van der Waals surface area contributed by atoms with Gasteiger partial charge in [-0.3, -0.25) is 0 Å². The molecule has 0 aliphatic heterocycles. The fraction of sp³-hybridized carbons (Fsp3) is 0.581. The molecule has 1 saturated carbocycles. The Morgan fingerprint density at radius 1 is 0.971 bits per heavy atom. The zero-order valence-corrected chi connectivity index (χ0v) is 21.3. The second kappa shape index (κ2) is 13.5. The van der Waals surface area contributed by atoms with Crippen LogP contribution in [0.15, 0.2) is 48.5 Å². The van der Waals surface area contributed by atoms with Crippen LogP contribution < -0.4 is 4.74 Å². The SMILES string of the molecule is CCCCCCCC1(C#N)CCCC(c2ccc(-c3ccc(OC(CO)CCC)cc3)cc2)C1. The van der Waals surface area contributed by atoms with Gasteiger partial charge in [0.1, 0.15) is 11.9 Å². The smallest absolute Gasteiger partial charge is 0.122 e. The molecular weight excluding hydrogens is 418 g/mol. The Kier molecular flexibility index (Phi) is 10.5. The van der Waals surface area contributed by atoms with Gasteiger partial charge in [0, 0.05) is 0 Å². The Bertz CT molecular complexity index is 883. The Hall–Kier alpha value is -2.31. The monoisotopic (exact) mass is 461 g/mol. The van der Waals surface area contributed by atoms with Crippen molar-refractivity contribution in [2.75, 3.05) is 6.61 Å². The van der Waals surface area contributed by atoms with Crippen LogP contribution in [0.1, 0.15) is 102 Å². The van der Waals surface area contributed by atoms with Crippen LogP contribution in [0.2, 0.25) is 0 Å². The predicted octanol–water partition coefficient (Wildman–Crippen LogP) is 8.42. The minimum atomic E-state index is -0.137. The highest BCUT2D eigenvalue weighted by molar-refractivity contribution is 5.64. The lowest BCUT2D eigenvalue weighted by molar-refractivity contribution is 0.108. The topological polar surface area (TPSA) is 53.2 Å². The van der Waals surface area contributed by atoms with Crippen molar-refractivity contribution in [3.8, 4) is 22.9 Å². The molecule has 0 heterocycles. The molecule has 3 unspecified atom stereocenters. The molecule has 184 valence electrons. The van der Waals surface area contributed by atoms with Crippen molar-refractivity contribution in [3.63, 3.8) is 0 Å². The first-order valence-corrected chi connectivity index (χ1v) is 13.5. The number of aliphatic hydroxyl groups excluding tert-OH is 1. The maximum atomic E-state index is 10.1. The van der Waals surface area contributed by atoms with E-state index < -0.39 is 0 Å². The number of benzene rings is 2. The number of ether oxygens (including phenoxy) is 1. The summed E-state index contributed by atoms with van der Waals surface area (Å²) in [5.74, 6) is 1.29. The molecule has 0 saturated heterocycles. The van der Waals surface area contributed by atoms with E-state index >= 15 is 0 Å². The summed E-state index contributed by atoms with van der Waals surface area (Å²) >= 11 is 0. The van der Waals surface area contributed by atoms with Crippen LogP contribution in [-0.4, -0.2) is 17.8 Å². The minimum Gasteiger partial charge on any atom is -0.488 e. The number of nitriles is 1. The maximum absolute atomic E-state index is 10.1. The maximum Gasteiger partial charge on any atom is 0.122 e. The Morgan fingerprint density at radius 2 is 1.65 bits per heavy atom. The number of hydrogen-bond acceptors (Lipinski definition) is 3. The van der Waals surface area contributed by atoms with Gasteiger partial charge in [0.2, 0.25) is 0 Å². The lowest BCUT2D eigenvalue weighted by atomic mass is 9.66. The first kappa shape index (κ1) is 26.3. The summed E-state index contributed by atoms with van der Waals surface area (Å²) in [4.78, 5) is 0. The third-order valence-electron chi connectivity index (χ3n) is 7.53. The zero-order valence-electron chi connectivity index (χ0n) is 21.3. The number of nitrogens with zero attached hydrogens (tertiary/aromatic N) is 1. The van der Waals surface area contributed by atoms with E-state index in [0.717, 1.165) is 49.8 Å². The van der Waals surface area contributed by atoms with E-state index in [0.29, 0.717) is 5.92 Å². The molecule has 3 heteroatoms. The summed E-state index contributed by atoms with van der Waals surface area (Å²) in [5.41, 5.74) is 3.60. The van der Waals surface area contributed by atoms with Crippen LogP contribution in [0.5, 0.6) is 5.75 Å². The predicted molar refractivity (Wildman–Crippen MR) is 141 cm³/mol. The second-order valence-electron chi connectivity index (χ2n) is 10.2. The fourth-order valence-electron chi connectivity index (χ4n) is 5.47. The Balaban J connectivity index is 1.60. The summed E-state index contributed by atoms with van der Waals surface area (Å²) in [6, 6.07) is 19.9. The van der Waals surface area contributed by atoms with Crippen molar-refractivity contribution in [3.05, 3.63) is 54.1 Å². The van der Waals surface area contributed by atoms with E-state index in [-0.39, 0.29) is 18.1 Å². The number of unbranched alkanes of at least 4 members (excludes halogenated alkanes) is 4. The summed E-state index contributed by atoms with van der Waals surface area (Å²) in [6.07, 6.45) is 13.5. The van der Waals surface area contributed by atoms with E-state index in [2.05, 4.69) is 56.3 Å². The fourth-order valence-corrected chi connectivity index (χ4v) is 5.47. The molecule has 3 nitrogen and oxygen atoms in total. The van der Waals surface area contributed by atoms with Gasteiger partial charge in [0.15, 0.2) is 0 Å². The molecule has 0 aromatic heterocycles. The standard InChI is InChI=1S/C31H43NO2/c1-3-5-6-7-8-20-31(24-32)21-9-11-28(22-31)27-14-12-25(13-15-27)26-16-18-29(19-17-26)34-30(23-33)10-4-2/h12-19,28,30,33H,3-11,20-23H2,1-2H3. The molecule has 3 atom stereocenters. The van der Waals surface area contributed by atoms with Gasteiger partial charge >= 0.3 is 0 Å². The van der Waals surface area contributed by atoms with E-state index in [1.54, 1.807) is 0 Å². The van der Waals surface area contributed by atoms with Crippen LogP contribution in [0.4, 0.5) is 0 Å². The molecule has 1 aliphatic rings. The van der Waals surface area contributed by atoms with Crippen LogP contribution in [0, 0.1) is 16.7 Å². The lowest BCUT2D eigenvalue weighted by Crippen LogP contribution is -2.26. The molecule has 0 bridgehead atoms. The zero-order chi connectivity index (χ0) is 24.2. The number of hydrogen-bond donors (Lipinski definition) is 1. The number of rotatable bonds is 13. The van der Waals surface area contributed by atoms with Crippen molar-refractivity contribution in [1.29, 1.82) is 5.26 Å². The van der Waals surface area contributed by atoms with E-state index in [1.165, 1.54) is 49.7 Å². The molecule has 0 radical (unpaired) electrons. The van der Waals surface area contributed by atoms with Crippen LogP contribution in [0.25, 0.3) is 11.1 Å². The molecule has 0 spiro atoms. The largest absolute Gasteiger partial charge is 0.488 e. The van der Waals surface area contributed by atoms with Gasteiger partial charge in [-0.2, -0.15) is 5.26 Å². The summed E-state index contributed by atoms with van der Waals surface area (Å²) in [5, 5.41) is 19.5. The highest BCUT2D eigenvalue weighted by atomic mass is 16.5. The highest BCUT2D eigenvalue weighted by Crippen LogP contribution is 2.46. The molecule has 2 aromatic carbocycles. The van der Waals surface area contributed by atoms with Crippen LogP contribution >= 0.6 is 0 Å². The van der Waals surface area contributed by atoms with Gasteiger partial charge < -0.3 is 9.84 Å². The Labute approximate surface area is 207 Å². The molecular formula is C31H43NO2. The third kappa shape index (κ3) is 7.34. The van der Waals surface area contributed by atoms with Gasteiger partial charge in [0.25, 0.3) is 0 Å². The van der Waals surface area contributed by atoms with Crippen LogP contribution in [0.3, 0.4) is 0 Å². The normalized spacial score (nSPS) is 21.1. The minimum absolute atomic E-state index is 0.0458. The molecule has 3 rings (SSSR count). The first-order valence-electron chi connectivity index (χ1n) is 13.5. The summed E-state index contributed by atoms with van der Waals surface area (Å²) in [6.45, 7) is 4.39. The van der Waals surface area contributed by atoms with E-state index in [4.69, 9.17) is 4.74 Å². The van der Waals surface area contributed by atoms with Gasteiger partial charge in [-0.1, -0.05) is 95.2 Å². The highest BCUT2D eigenvalue weighted by Gasteiger charge is 2.36. The van der Waals surface area contributed by atoms with E-state index in [1.807, 2.05) is 12.1 Å². The molecule has 1 N–H and O–H groups in total. The molecule has 2 aromatic rings. The number of aliphatic hydroxyl groups is 1. The van der Waals surface area contributed by atoms with Crippen LogP contribution in [-0.2, 0) is 0 Å². The van der Waals surface area contributed by atoms with Gasteiger partial charge in [-0.05, 0) is 66.8 Å². The molecule has 0 amide bonds. The van der Waals surface area contributed by atoms with Crippen molar-refractivity contribution in [2.45, 2.75) is 103 Å². The third-order valence-corrected chi connectivity index (χ3v) is 7.53. The quantitative estimate of drug-likeness (QED) is 0.305. The summed E-state index contributed by atoms with van der Waals surface area (Å²) in [7, 11) is 0. The van der Waals surface area contributed by atoms with Gasteiger partial charge in [-0.25, -0.2) is 0 Å². The lowest BCUT2D eigenvalue weighted by Gasteiger charge is -2.36. The molecule has 1 aliphatic carbocycles.